The highest BCUT2D eigenvalue weighted by Crippen LogP contribution is 2.23. The molecule has 3 rings (SSSR count). The molecule has 2 heterocycles. The van der Waals surface area contributed by atoms with Crippen molar-refractivity contribution in [2.24, 2.45) is 4.40 Å². The average Bonchev–Trinajstić information content (AvgIpc) is 2.66. The SMILES string of the molecule is COc1cccc([C@H](CNC(=O)C2=CC=CN3CCS(=O)(=O)N=C23)N(C)C)c1. The summed E-state index contributed by atoms with van der Waals surface area (Å²) < 4.78 is 32.8. The van der Waals surface area contributed by atoms with Crippen LogP contribution in [0, 0.1) is 0 Å². The van der Waals surface area contributed by atoms with E-state index in [4.69, 9.17) is 4.74 Å². The maximum Gasteiger partial charge on any atom is 0.256 e. The number of hydrogen-bond acceptors (Lipinski definition) is 6. The Bertz CT molecular complexity index is 950. The normalized spacial score (nSPS) is 18.8. The summed E-state index contributed by atoms with van der Waals surface area (Å²) in [5.74, 6) is 0.496. The van der Waals surface area contributed by atoms with Gasteiger partial charge in [0.25, 0.3) is 15.9 Å². The van der Waals surface area contributed by atoms with E-state index in [1.807, 2.05) is 43.3 Å². The van der Waals surface area contributed by atoms with Crippen LogP contribution in [0.2, 0.25) is 0 Å². The zero-order valence-corrected chi connectivity index (χ0v) is 16.9. The third kappa shape index (κ3) is 4.42. The maximum atomic E-state index is 12.8. The molecule has 0 spiro atoms. The van der Waals surface area contributed by atoms with Crippen molar-refractivity contribution in [1.82, 2.24) is 15.1 Å². The lowest BCUT2D eigenvalue weighted by Gasteiger charge is -2.29. The summed E-state index contributed by atoms with van der Waals surface area (Å²) in [6.45, 7) is 0.631. The van der Waals surface area contributed by atoms with Gasteiger partial charge in [-0.3, -0.25) is 4.79 Å². The van der Waals surface area contributed by atoms with Gasteiger partial charge in [0.15, 0.2) is 5.84 Å². The van der Waals surface area contributed by atoms with Crippen LogP contribution in [0.4, 0.5) is 0 Å². The van der Waals surface area contributed by atoms with E-state index >= 15 is 0 Å². The third-order valence-electron chi connectivity index (χ3n) is 4.66. The second kappa shape index (κ2) is 8.15. The lowest BCUT2D eigenvalue weighted by Crippen LogP contribution is -2.43. The molecule has 28 heavy (non-hydrogen) atoms. The number of benzene rings is 1. The van der Waals surface area contributed by atoms with Crippen LogP contribution in [0.3, 0.4) is 0 Å². The first kappa shape index (κ1) is 20.1. The van der Waals surface area contributed by atoms with E-state index in [0.29, 0.717) is 6.54 Å². The molecular weight excluding hydrogens is 380 g/mol. The zero-order valence-electron chi connectivity index (χ0n) is 16.1. The van der Waals surface area contributed by atoms with Gasteiger partial charge in [-0.1, -0.05) is 12.1 Å². The fourth-order valence-electron chi connectivity index (χ4n) is 3.13. The first-order valence-corrected chi connectivity index (χ1v) is 10.5. The van der Waals surface area contributed by atoms with Gasteiger partial charge in [-0.2, -0.15) is 0 Å². The second-order valence-corrected chi connectivity index (χ2v) is 8.54. The number of fused-ring (bicyclic) bond motifs is 1. The Kier molecular flexibility index (Phi) is 5.85. The first-order chi connectivity index (χ1) is 13.3. The standard InChI is InChI=1S/C19H24N4O4S/c1-22(2)17(14-6-4-7-15(12-14)27-3)13-20-19(24)16-8-5-9-23-10-11-28(25,26)21-18(16)23/h4-9,12,17H,10-11,13H2,1-3H3,(H,20,24)/t17-/m0/s1. The van der Waals surface area contributed by atoms with Crippen LogP contribution in [0.25, 0.3) is 0 Å². The minimum Gasteiger partial charge on any atom is -0.497 e. The Balaban J connectivity index is 1.77. The molecule has 0 aromatic heterocycles. The molecule has 0 radical (unpaired) electrons. The van der Waals surface area contributed by atoms with E-state index in [-0.39, 0.29) is 35.7 Å². The Morgan fingerprint density at radius 2 is 2.18 bits per heavy atom. The molecule has 2 aliphatic heterocycles. The summed E-state index contributed by atoms with van der Waals surface area (Å²) in [6.07, 6.45) is 5.03. The number of carbonyl (C=O) groups excluding carboxylic acids is 1. The first-order valence-electron chi connectivity index (χ1n) is 8.87. The minimum absolute atomic E-state index is 0.0612. The molecule has 0 unspecified atom stereocenters. The van der Waals surface area contributed by atoms with Gasteiger partial charge in [0.05, 0.1) is 24.5 Å². The number of carbonyl (C=O) groups is 1. The summed E-state index contributed by atoms with van der Waals surface area (Å²) in [6, 6.07) is 7.59. The van der Waals surface area contributed by atoms with Gasteiger partial charge in [-0.25, -0.2) is 8.42 Å². The van der Waals surface area contributed by atoms with E-state index < -0.39 is 10.0 Å². The molecule has 1 atom stereocenters. The highest BCUT2D eigenvalue weighted by atomic mass is 32.2. The number of sulfonamides is 1. The molecule has 0 fully saturated rings. The highest BCUT2D eigenvalue weighted by Gasteiger charge is 2.30. The number of allylic oxidation sites excluding steroid dienone is 2. The number of amidine groups is 1. The monoisotopic (exact) mass is 404 g/mol. The number of likely N-dealkylation sites (N-methyl/N-ethyl adjacent to an activating group) is 1. The van der Waals surface area contributed by atoms with Gasteiger partial charge in [0.2, 0.25) is 0 Å². The molecule has 1 N–H and O–H groups in total. The lowest BCUT2D eigenvalue weighted by atomic mass is 10.0. The number of methoxy groups -OCH3 is 1. The van der Waals surface area contributed by atoms with E-state index in [2.05, 4.69) is 9.71 Å². The van der Waals surface area contributed by atoms with E-state index in [9.17, 15) is 13.2 Å². The van der Waals surface area contributed by atoms with Crippen molar-refractivity contribution in [3.63, 3.8) is 0 Å². The fraction of sp³-hybridized carbons (Fsp3) is 0.368. The fourth-order valence-corrected chi connectivity index (χ4v) is 4.11. The maximum absolute atomic E-state index is 12.8. The molecular formula is C19H24N4O4S. The van der Waals surface area contributed by atoms with Crippen molar-refractivity contribution in [2.75, 3.05) is 40.0 Å². The predicted molar refractivity (Wildman–Crippen MR) is 108 cm³/mol. The molecule has 0 aliphatic carbocycles. The van der Waals surface area contributed by atoms with Crippen molar-refractivity contribution in [1.29, 1.82) is 0 Å². The molecule has 8 nitrogen and oxygen atoms in total. The quantitative estimate of drug-likeness (QED) is 0.758. The molecule has 0 saturated carbocycles. The van der Waals surface area contributed by atoms with Crippen LogP contribution in [0.15, 0.2) is 52.6 Å². The van der Waals surface area contributed by atoms with Gasteiger partial charge >= 0.3 is 0 Å². The molecule has 1 aromatic rings. The summed E-state index contributed by atoms with van der Waals surface area (Å²) >= 11 is 0. The van der Waals surface area contributed by atoms with Crippen LogP contribution in [0.5, 0.6) is 5.75 Å². The summed E-state index contributed by atoms with van der Waals surface area (Å²) in [5, 5.41) is 2.90. The Morgan fingerprint density at radius 3 is 2.89 bits per heavy atom. The van der Waals surface area contributed by atoms with Gasteiger partial charge < -0.3 is 19.9 Å². The number of hydrogen-bond donors (Lipinski definition) is 1. The molecule has 9 heteroatoms. The van der Waals surface area contributed by atoms with Crippen LogP contribution < -0.4 is 10.1 Å². The Labute approximate surface area is 165 Å². The average molecular weight is 404 g/mol. The number of ether oxygens (including phenoxy) is 1. The second-order valence-electron chi connectivity index (χ2n) is 6.78. The Hall–Kier alpha value is -2.65. The van der Waals surface area contributed by atoms with Crippen molar-refractivity contribution in [2.45, 2.75) is 6.04 Å². The van der Waals surface area contributed by atoms with Crippen molar-refractivity contribution in [3.8, 4) is 5.75 Å². The van der Waals surface area contributed by atoms with Crippen LogP contribution in [-0.2, 0) is 14.8 Å². The van der Waals surface area contributed by atoms with Gasteiger partial charge in [-0.15, -0.1) is 4.40 Å². The topological polar surface area (TPSA) is 91.3 Å². The van der Waals surface area contributed by atoms with E-state index in [1.54, 1.807) is 30.4 Å². The van der Waals surface area contributed by atoms with Crippen molar-refractivity contribution in [3.05, 3.63) is 53.8 Å². The van der Waals surface area contributed by atoms with Crippen LogP contribution >= 0.6 is 0 Å². The van der Waals surface area contributed by atoms with Crippen molar-refractivity contribution < 1.29 is 17.9 Å². The highest BCUT2D eigenvalue weighted by molar-refractivity contribution is 7.90. The Morgan fingerprint density at radius 1 is 1.39 bits per heavy atom. The van der Waals surface area contributed by atoms with E-state index in [0.717, 1.165) is 11.3 Å². The van der Waals surface area contributed by atoms with Gasteiger partial charge in [-0.05, 0) is 43.9 Å². The van der Waals surface area contributed by atoms with Gasteiger partial charge in [0, 0.05) is 19.3 Å². The smallest absolute Gasteiger partial charge is 0.256 e. The molecule has 150 valence electrons. The summed E-state index contributed by atoms with van der Waals surface area (Å²) in [5.41, 5.74) is 1.25. The summed E-state index contributed by atoms with van der Waals surface area (Å²) in [7, 11) is 1.92. The lowest BCUT2D eigenvalue weighted by molar-refractivity contribution is -0.117. The largest absolute Gasteiger partial charge is 0.497 e. The molecule has 0 saturated heterocycles. The molecule has 1 aromatic carbocycles. The van der Waals surface area contributed by atoms with Crippen LogP contribution in [-0.4, -0.2) is 70.0 Å². The number of nitrogens with zero attached hydrogens (tertiary/aromatic N) is 3. The number of nitrogens with one attached hydrogen (secondary N) is 1. The zero-order chi connectivity index (χ0) is 20.3. The third-order valence-corrected chi connectivity index (χ3v) is 5.81. The number of rotatable bonds is 6. The van der Waals surface area contributed by atoms with Crippen LogP contribution in [0.1, 0.15) is 11.6 Å². The van der Waals surface area contributed by atoms with Gasteiger partial charge in [0.1, 0.15) is 5.75 Å². The molecule has 0 bridgehead atoms. The molecule has 1 amide bonds. The summed E-state index contributed by atoms with van der Waals surface area (Å²) in [4.78, 5) is 16.5. The predicted octanol–water partition coefficient (Wildman–Crippen LogP) is 0.912. The minimum atomic E-state index is -3.55. The van der Waals surface area contributed by atoms with Crippen molar-refractivity contribution >= 4 is 21.8 Å². The molecule has 2 aliphatic rings. The number of amides is 1. The van der Waals surface area contributed by atoms with E-state index in [1.165, 1.54) is 0 Å².